The average molecular weight is 407 g/mol. The van der Waals surface area contributed by atoms with Crippen LogP contribution in [0.5, 0.6) is 0 Å². The van der Waals surface area contributed by atoms with Crippen LogP contribution in [-0.4, -0.2) is 45.8 Å². The monoisotopic (exact) mass is 407 g/mol. The van der Waals surface area contributed by atoms with E-state index in [1.807, 2.05) is 0 Å². The van der Waals surface area contributed by atoms with Gasteiger partial charge in [-0.2, -0.15) is 0 Å². The Balaban J connectivity index is 1.44. The van der Waals surface area contributed by atoms with Gasteiger partial charge in [-0.1, -0.05) is 29.8 Å². The van der Waals surface area contributed by atoms with E-state index < -0.39 is 4.92 Å². The van der Waals surface area contributed by atoms with Gasteiger partial charge < -0.3 is 10.2 Å². The number of nitrogens with zero attached hydrogens (tertiary/aromatic N) is 4. The van der Waals surface area contributed by atoms with E-state index in [9.17, 15) is 10.1 Å². The summed E-state index contributed by atoms with van der Waals surface area (Å²) in [6, 6.07) is 13.3. The van der Waals surface area contributed by atoms with Gasteiger partial charge >= 0.3 is 5.69 Å². The molecule has 0 saturated carbocycles. The molecular weight excluding hydrogens is 382 g/mol. The summed E-state index contributed by atoms with van der Waals surface area (Å²) in [6.45, 7) is 2.88. The van der Waals surface area contributed by atoms with E-state index in [1.165, 1.54) is 30.0 Å². The largest absolute Gasteiger partial charge is 0.383 e. The summed E-state index contributed by atoms with van der Waals surface area (Å²) in [5, 5.41) is 22.4. The lowest BCUT2D eigenvalue weighted by atomic mass is 9.76. The van der Waals surface area contributed by atoms with Crippen LogP contribution in [-0.2, 0) is 0 Å². The lowest BCUT2D eigenvalue weighted by molar-refractivity contribution is -0.383. The number of nitrogens with one attached hydrogen (secondary N) is 1. The average Bonchev–Trinajstić information content (AvgIpc) is 3.30. The number of nitro benzene ring substituents is 1. The van der Waals surface area contributed by atoms with Gasteiger partial charge in [-0.15, -0.1) is 0 Å². The number of non-ortho nitro benzene ring substituents is 1. The van der Waals surface area contributed by atoms with E-state index in [2.05, 4.69) is 58.8 Å². The first-order valence-electron chi connectivity index (χ1n) is 10.4. The Labute approximate surface area is 174 Å². The molecule has 2 aliphatic rings. The molecule has 5 rings (SSSR count). The Hall–Kier alpha value is -3.00. The molecule has 0 radical (unpaired) electrons. The highest BCUT2D eigenvalue weighted by molar-refractivity contribution is 5.93. The smallest absolute Gasteiger partial charge is 0.300 e. The molecule has 1 aromatic heterocycles. The molecule has 2 bridgehead atoms. The SMILES string of the molecule is Cc1ccc([C@H]2C[C@H]3CCC(C2CNc2ccc([N+](=O)[O-])c4nonc24)N3C)cc1. The van der Waals surface area contributed by atoms with E-state index in [0.717, 1.165) is 18.7 Å². The highest BCUT2D eigenvalue weighted by Gasteiger charge is 2.45. The predicted octanol–water partition coefficient (Wildman–Crippen LogP) is 4.12. The summed E-state index contributed by atoms with van der Waals surface area (Å²) in [5.74, 6) is 0.914. The first kappa shape index (κ1) is 19.0. The molecule has 3 heterocycles. The van der Waals surface area contributed by atoms with E-state index in [0.29, 0.717) is 29.4 Å². The van der Waals surface area contributed by atoms with Crippen LogP contribution in [0.4, 0.5) is 11.4 Å². The zero-order chi connectivity index (χ0) is 20.8. The van der Waals surface area contributed by atoms with Crippen LogP contribution >= 0.6 is 0 Å². The maximum atomic E-state index is 11.2. The molecule has 2 fully saturated rings. The second kappa shape index (κ2) is 7.36. The van der Waals surface area contributed by atoms with Gasteiger partial charge in [0.2, 0.25) is 5.52 Å². The molecule has 2 aromatic carbocycles. The van der Waals surface area contributed by atoms with Gasteiger partial charge in [-0.3, -0.25) is 10.1 Å². The minimum Gasteiger partial charge on any atom is -0.383 e. The first-order chi connectivity index (χ1) is 14.5. The fraction of sp³-hybridized carbons (Fsp3) is 0.455. The molecule has 0 spiro atoms. The fourth-order valence-corrected chi connectivity index (χ4v) is 5.42. The van der Waals surface area contributed by atoms with E-state index in [4.69, 9.17) is 4.63 Å². The lowest BCUT2D eigenvalue weighted by Crippen LogP contribution is -2.48. The summed E-state index contributed by atoms with van der Waals surface area (Å²) in [7, 11) is 2.24. The molecule has 30 heavy (non-hydrogen) atoms. The Bertz CT molecular complexity index is 1080. The molecule has 2 saturated heterocycles. The molecule has 2 aliphatic heterocycles. The molecule has 4 atom stereocenters. The summed E-state index contributed by atoms with van der Waals surface area (Å²) in [5.41, 5.74) is 3.89. The summed E-state index contributed by atoms with van der Waals surface area (Å²) < 4.78 is 4.80. The van der Waals surface area contributed by atoms with Crippen molar-refractivity contribution in [2.24, 2.45) is 5.92 Å². The maximum absolute atomic E-state index is 11.2. The Morgan fingerprint density at radius 2 is 1.93 bits per heavy atom. The number of benzene rings is 2. The fourth-order valence-electron chi connectivity index (χ4n) is 5.42. The minimum atomic E-state index is -0.460. The summed E-state index contributed by atoms with van der Waals surface area (Å²) >= 11 is 0. The molecule has 8 heteroatoms. The lowest BCUT2D eigenvalue weighted by Gasteiger charge is -2.43. The van der Waals surface area contributed by atoms with Crippen molar-refractivity contribution in [1.29, 1.82) is 0 Å². The molecular formula is C22H25N5O3. The Morgan fingerprint density at radius 3 is 2.70 bits per heavy atom. The van der Waals surface area contributed by atoms with Crippen molar-refractivity contribution in [2.75, 3.05) is 18.9 Å². The molecule has 1 N–H and O–H groups in total. The number of hydrogen-bond donors (Lipinski definition) is 1. The Morgan fingerprint density at radius 1 is 1.17 bits per heavy atom. The highest BCUT2D eigenvalue weighted by Crippen LogP contribution is 2.46. The summed E-state index contributed by atoms with van der Waals surface area (Å²) in [6.07, 6.45) is 3.61. The van der Waals surface area contributed by atoms with Crippen molar-refractivity contribution in [1.82, 2.24) is 15.2 Å². The third-order valence-corrected chi connectivity index (χ3v) is 7.06. The Kier molecular flexibility index (Phi) is 4.66. The zero-order valence-electron chi connectivity index (χ0n) is 17.1. The minimum absolute atomic E-state index is 0.0923. The third kappa shape index (κ3) is 3.11. The number of piperidine rings is 1. The van der Waals surface area contributed by atoms with Crippen LogP contribution in [0.1, 0.15) is 36.3 Å². The number of nitro groups is 1. The number of aryl methyl sites for hydroxylation is 1. The van der Waals surface area contributed by atoms with E-state index in [1.54, 1.807) is 6.07 Å². The molecule has 2 unspecified atom stereocenters. The number of fused-ring (bicyclic) bond motifs is 3. The van der Waals surface area contributed by atoms with Crippen LogP contribution in [0, 0.1) is 23.0 Å². The van der Waals surface area contributed by atoms with Gasteiger partial charge in [0.25, 0.3) is 0 Å². The molecule has 8 nitrogen and oxygen atoms in total. The van der Waals surface area contributed by atoms with Gasteiger partial charge in [0.15, 0.2) is 5.52 Å². The van der Waals surface area contributed by atoms with E-state index >= 15 is 0 Å². The number of hydrogen-bond acceptors (Lipinski definition) is 7. The maximum Gasteiger partial charge on any atom is 0.300 e. The van der Waals surface area contributed by atoms with Crippen LogP contribution in [0.2, 0.25) is 0 Å². The molecule has 3 aromatic rings. The molecule has 0 aliphatic carbocycles. The van der Waals surface area contributed by atoms with Crippen molar-refractivity contribution in [3.8, 4) is 0 Å². The van der Waals surface area contributed by atoms with Crippen molar-refractivity contribution >= 4 is 22.4 Å². The third-order valence-electron chi connectivity index (χ3n) is 7.06. The quantitative estimate of drug-likeness (QED) is 0.502. The van der Waals surface area contributed by atoms with Crippen LogP contribution in [0.3, 0.4) is 0 Å². The second-order valence-corrected chi connectivity index (χ2v) is 8.61. The van der Waals surface area contributed by atoms with Gasteiger partial charge in [-0.25, -0.2) is 4.63 Å². The van der Waals surface area contributed by atoms with Gasteiger partial charge in [-0.05, 0) is 67.0 Å². The van der Waals surface area contributed by atoms with E-state index in [-0.39, 0.29) is 11.2 Å². The molecule has 0 amide bonds. The van der Waals surface area contributed by atoms with Crippen molar-refractivity contribution in [2.45, 2.75) is 44.2 Å². The zero-order valence-corrected chi connectivity index (χ0v) is 17.1. The standard InChI is InChI=1S/C22H25N5O3/c1-13-3-5-14(6-4-13)16-11-15-7-9-19(26(15)2)17(16)12-23-18-8-10-20(27(28)29)22-21(18)24-30-25-22/h3-6,8,10,15-17,19,23H,7,9,11-12H2,1-2H3/t15-,16-,17?,19?/m1/s1. The van der Waals surface area contributed by atoms with Crippen molar-refractivity contribution in [3.63, 3.8) is 0 Å². The highest BCUT2D eigenvalue weighted by atomic mass is 16.6. The number of rotatable bonds is 5. The normalized spacial score (nSPS) is 26.2. The van der Waals surface area contributed by atoms with Gasteiger partial charge in [0.05, 0.1) is 10.6 Å². The second-order valence-electron chi connectivity index (χ2n) is 8.61. The van der Waals surface area contributed by atoms with Crippen molar-refractivity contribution < 1.29 is 9.55 Å². The van der Waals surface area contributed by atoms with Gasteiger partial charge in [0.1, 0.15) is 0 Å². The molecule has 156 valence electrons. The predicted molar refractivity (Wildman–Crippen MR) is 114 cm³/mol. The summed E-state index contributed by atoms with van der Waals surface area (Å²) in [4.78, 5) is 13.3. The number of aromatic nitrogens is 2. The van der Waals surface area contributed by atoms with Gasteiger partial charge in [0, 0.05) is 24.7 Å². The van der Waals surface area contributed by atoms with Crippen LogP contribution < -0.4 is 5.32 Å². The number of anilines is 1. The van der Waals surface area contributed by atoms with Crippen molar-refractivity contribution in [3.05, 3.63) is 57.6 Å². The topological polar surface area (TPSA) is 97.3 Å². The van der Waals surface area contributed by atoms with Crippen LogP contribution in [0.25, 0.3) is 11.0 Å². The van der Waals surface area contributed by atoms with Crippen LogP contribution in [0.15, 0.2) is 41.0 Å². The first-order valence-corrected chi connectivity index (χ1v) is 10.4.